The fourth-order valence-corrected chi connectivity index (χ4v) is 2.37. The third-order valence-corrected chi connectivity index (χ3v) is 3.64. The fraction of sp³-hybridized carbons (Fsp3) is 0.538. The highest BCUT2D eigenvalue weighted by Crippen LogP contribution is 2.09. The van der Waals surface area contributed by atoms with Crippen LogP contribution < -0.4 is 10.9 Å². The van der Waals surface area contributed by atoms with Crippen molar-refractivity contribution in [2.75, 3.05) is 6.54 Å². The van der Waals surface area contributed by atoms with Crippen molar-refractivity contribution in [2.45, 2.75) is 33.6 Å². The number of hydrogen-bond acceptors (Lipinski definition) is 2. The number of rotatable bonds is 5. The Labute approximate surface area is 121 Å². The van der Waals surface area contributed by atoms with Gasteiger partial charge in [-0.2, -0.15) is 0 Å². The number of carbonyl (C=O) groups is 1. The van der Waals surface area contributed by atoms with Gasteiger partial charge in [-0.3, -0.25) is 9.59 Å². The number of aromatic nitrogens is 1. The normalized spacial score (nSPS) is 10.7. The van der Waals surface area contributed by atoms with E-state index in [0.717, 1.165) is 22.1 Å². The van der Waals surface area contributed by atoms with E-state index in [1.165, 1.54) is 0 Å². The average molecular weight is 362 g/mol. The zero-order valence-electron chi connectivity index (χ0n) is 11.0. The molecule has 1 aromatic heterocycles. The zero-order valence-corrected chi connectivity index (χ0v) is 13.1. The lowest BCUT2D eigenvalue weighted by atomic mass is 10.1. The summed E-state index contributed by atoms with van der Waals surface area (Å²) in [5.41, 5.74) is 0.758. The van der Waals surface area contributed by atoms with Crippen LogP contribution in [0.4, 0.5) is 0 Å². The van der Waals surface area contributed by atoms with E-state index in [-0.39, 0.29) is 17.0 Å². The van der Waals surface area contributed by atoms with Crippen molar-refractivity contribution in [3.8, 4) is 0 Å². The summed E-state index contributed by atoms with van der Waals surface area (Å²) in [5.74, 6) is 0.239. The second-order valence-corrected chi connectivity index (χ2v) is 5.79. The summed E-state index contributed by atoms with van der Waals surface area (Å²) in [5, 5.41) is 2.77. The molecule has 0 fully saturated rings. The molecule has 2 N–H and O–H groups in total. The maximum atomic E-state index is 11.9. The van der Waals surface area contributed by atoms with Crippen LogP contribution in [0, 0.1) is 9.49 Å². The second kappa shape index (κ2) is 6.92. The van der Waals surface area contributed by atoms with Crippen LogP contribution in [-0.2, 0) is 6.42 Å². The van der Waals surface area contributed by atoms with Crippen molar-refractivity contribution in [1.82, 2.24) is 10.3 Å². The predicted octanol–water partition coefficient (Wildman–Crippen LogP) is 2.32. The van der Waals surface area contributed by atoms with Crippen molar-refractivity contribution in [2.24, 2.45) is 5.92 Å². The Kier molecular flexibility index (Phi) is 5.84. The van der Waals surface area contributed by atoms with Gasteiger partial charge >= 0.3 is 0 Å². The second-order valence-electron chi connectivity index (χ2n) is 4.63. The molecule has 0 saturated carbocycles. The molecule has 0 spiro atoms. The third kappa shape index (κ3) is 4.12. The molecule has 1 aromatic rings. The van der Waals surface area contributed by atoms with E-state index in [1.807, 2.05) is 6.92 Å². The number of halogens is 1. The van der Waals surface area contributed by atoms with Gasteiger partial charge in [0.1, 0.15) is 5.56 Å². The van der Waals surface area contributed by atoms with Gasteiger partial charge < -0.3 is 10.3 Å². The van der Waals surface area contributed by atoms with E-state index in [1.54, 1.807) is 6.07 Å². The molecule has 0 atom stereocenters. The summed E-state index contributed by atoms with van der Waals surface area (Å²) in [6, 6.07) is 1.66. The van der Waals surface area contributed by atoms with E-state index in [0.29, 0.717) is 12.5 Å². The first-order valence-electron chi connectivity index (χ1n) is 6.15. The van der Waals surface area contributed by atoms with Crippen LogP contribution in [0.1, 0.15) is 43.2 Å². The molecule has 0 aromatic carbocycles. The molecule has 0 unspecified atom stereocenters. The average Bonchev–Trinajstić information content (AvgIpc) is 2.30. The highest BCUT2D eigenvalue weighted by molar-refractivity contribution is 14.1. The molecule has 0 saturated heterocycles. The van der Waals surface area contributed by atoms with E-state index >= 15 is 0 Å². The number of amides is 1. The standard InChI is InChI=1S/C13H19IN2O2/c1-4-11-10(14)7-9(13(18)16-11)12(17)15-6-5-8(2)3/h7-8H,4-6H2,1-3H3,(H,15,17)(H,16,18). The van der Waals surface area contributed by atoms with Gasteiger partial charge in [-0.1, -0.05) is 20.8 Å². The summed E-state index contributed by atoms with van der Waals surface area (Å²) >= 11 is 2.13. The molecule has 0 bridgehead atoms. The van der Waals surface area contributed by atoms with E-state index < -0.39 is 0 Å². The molecule has 1 heterocycles. The van der Waals surface area contributed by atoms with Crippen molar-refractivity contribution in [3.05, 3.63) is 31.2 Å². The zero-order chi connectivity index (χ0) is 13.7. The summed E-state index contributed by atoms with van der Waals surface area (Å²) in [4.78, 5) is 26.4. The first kappa shape index (κ1) is 15.2. The van der Waals surface area contributed by atoms with Crippen molar-refractivity contribution in [1.29, 1.82) is 0 Å². The minimum Gasteiger partial charge on any atom is -0.352 e. The Hall–Kier alpha value is -0.850. The predicted molar refractivity (Wildman–Crippen MR) is 80.9 cm³/mol. The van der Waals surface area contributed by atoms with E-state index in [4.69, 9.17) is 0 Å². The van der Waals surface area contributed by atoms with Crippen LogP contribution in [0.3, 0.4) is 0 Å². The van der Waals surface area contributed by atoms with Crippen LogP contribution in [0.5, 0.6) is 0 Å². The van der Waals surface area contributed by atoms with Crippen LogP contribution in [0.15, 0.2) is 10.9 Å². The van der Waals surface area contributed by atoms with Gasteiger partial charge in [-0.05, 0) is 47.4 Å². The Bertz CT molecular complexity index is 480. The number of aromatic amines is 1. The molecule has 1 rings (SSSR count). The number of nitrogens with one attached hydrogen (secondary N) is 2. The lowest BCUT2D eigenvalue weighted by molar-refractivity contribution is 0.0950. The maximum Gasteiger partial charge on any atom is 0.261 e. The van der Waals surface area contributed by atoms with E-state index in [9.17, 15) is 9.59 Å². The number of hydrogen-bond donors (Lipinski definition) is 2. The van der Waals surface area contributed by atoms with Gasteiger partial charge in [0.05, 0.1) is 0 Å². The molecule has 5 heteroatoms. The first-order valence-corrected chi connectivity index (χ1v) is 7.23. The Balaban J connectivity index is 2.80. The van der Waals surface area contributed by atoms with Gasteiger partial charge in [0.2, 0.25) is 0 Å². The Morgan fingerprint density at radius 1 is 1.50 bits per heavy atom. The first-order chi connectivity index (χ1) is 8.45. The highest BCUT2D eigenvalue weighted by atomic mass is 127. The van der Waals surface area contributed by atoms with Crippen LogP contribution >= 0.6 is 22.6 Å². The van der Waals surface area contributed by atoms with Crippen LogP contribution in [0.2, 0.25) is 0 Å². The van der Waals surface area contributed by atoms with Crippen molar-refractivity contribution < 1.29 is 4.79 Å². The number of carbonyl (C=O) groups excluding carboxylic acids is 1. The largest absolute Gasteiger partial charge is 0.352 e. The highest BCUT2D eigenvalue weighted by Gasteiger charge is 2.12. The van der Waals surface area contributed by atoms with Gasteiger partial charge in [0, 0.05) is 15.8 Å². The van der Waals surface area contributed by atoms with Crippen molar-refractivity contribution >= 4 is 28.5 Å². The summed E-state index contributed by atoms with van der Waals surface area (Å²) in [7, 11) is 0. The van der Waals surface area contributed by atoms with Gasteiger partial charge in [-0.25, -0.2) is 0 Å². The molecule has 4 nitrogen and oxygen atoms in total. The van der Waals surface area contributed by atoms with E-state index in [2.05, 4.69) is 46.7 Å². The number of aryl methyl sites for hydroxylation is 1. The molecule has 100 valence electrons. The minimum absolute atomic E-state index is 0.195. The monoisotopic (exact) mass is 362 g/mol. The Morgan fingerprint density at radius 3 is 2.72 bits per heavy atom. The molecule has 1 amide bonds. The quantitative estimate of drug-likeness (QED) is 0.790. The molecule has 0 aliphatic rings. The third-order valence-electron chi connectivity index (χ3n) is 2.67. The molecule has 0 radical (unpaired) electrons. The van der Waals surface area contributed by atoms with Crippen LogP contribution in [-0.4, -0.2) is 17.4 Å². The minimum atomic E-state index is -0.311. The summed E-state index contributed by atoms with van der Waals surface area (Å²) < 4.78 is 0.920. The molecular formula is C13H19IN2O2. The van der Waals surface area contributed by atoms with Gasteiger partial charge in [0.15, 0.2) is 0 Å². The molecule has 0 aliphatic heterocycles. The summed E-state index contributed by atoms with van der Waals surface area (Å²) in [6.45, 7) is 6.76. The van der Waals surface area contributed by atoms with Crippen LogP contribution in [0.25, 0.3) is 0 Å². The Morgan fingerprint density at radius 2 is 2.17 bits per heavy atom. The fourth-order valence-electron chi connectivity index (χ4n) is 1.54. The topological polar surface area (TPSA) is 62.0 Å². The lowest BCUT2D eigenvalue weighted by Crippen LogP contribution is -2.31. The number of H-pyrrole nitrogens is 1. The maximum absolute atomic E-state index is 11.9. The van der Waals surface area contributed by atoms with Gasteiger partial charge in [0.25, 0.3) is 11.5 Å². The molecule has 18 heavy (non-hydrogen) atoms. The number of pyridine rings is 1. The lowest BCUT2D eigenvalue weighted by Gasteiger charge is -2.08. The smallest absolute Gasteiger partial charge is 0.261 e. The van der Waals surface area contributed by atoms with Crippen molar-refractivity contribution in [3.63, 3.8) is 0 Å². The SMILES string of the molecule is CCc1[nH]c(=O)c(C(=O)NCCC(C)C)cc1I. The summed E-state index contributed by atoms with van der Waals surface area (Å²) in [6.07, 6.45) is 1.66. The van der Waals surface area contributed by atoms with Gasteiger partial charge in [-0.15, -0.1) is 0 Å². The molecule has 0 aliphatic carbocycles. The molecular weight excluding hydrogens is 343 g/mol.